The monoisotopic (exact) mass is 424 g/mol. The fourth-order valence-electron chi connectivity index (χ4n) is 4.28. The van der Waals surface area contributed by atoms with Crippen LogP contribution in [0.1, 0.15) is 41.6 Å². The topological polar surface area (TPSA) is 60.4 Å². The summed E-state index contributed by atoms with van der Waals surface area (Å²) in [6, 6.07) is 13.1. The Labute approximate surface area is 181 Å². The third-order valence-corrected chi connectivity index (χ3v) is 6.08. The van der Waals surface area contributed by atoms with Gasteiger partial charge in [-0.1, -0.05) is 42.5 Å². The number of carbonyl (C=O) groups is 1. The molecule has 0 radical (unpaired) electrons. The van der Waals surface area contributed by atoms with Crippen molar-refractivity contribution in [3.63, 3.8) is 0 Å². The first-order valence-corrected chi connectivity index (χ1v) is 10.3. The molecule has 1 amide bonds. The number of nitrogens with zero attached hydrogens (tertiary/aromatic N) is 2. The van der Waals surface area contributed by atoms with Crippen LogP contribution in [-0.4, -0.2) is 48.5 Å². The van der Waals surface area contributed by atoms with Crippen molar-refractivity contribution in [3.8, 4) is 17.2 Å². The van der Waals surface area contributed by atoms with Gasteiger partial charge in [-0.05, 0) is 37.8 Å². The van der Waals surface area contributed by atoms with Crippen LogP contribution in [0.25, 0.3) is 0 Å². The summed E-state index contributed by atoms with van der Waals surface area (Å²) in [5.74, 6) is 1.08. The number of rotatable bonds is 5. The molecule has 1 saturated carbocycles. The molecule has 0 atom stereocenters. The lowest BCUT2D eigenvalue weighted by Gasteiger charge is -2.32. The second-order valence-corrected chi connectivity index (χ2v) is 7.76. The van der Waals surface area contributed by atoms with Crippen LogP contribution in [0.5, 0.6) is 17.2 Å². The lowest BCUT2D eigenvalue weighted by Crippen LogP contribution is -2.48. The standard InChI is InChI=1S/C23H24N2O4S/c1-27-17-13-16(14-18(28-2)20(17)29-3)21(26)25-22(30)19(15-9-5-4-6-10-15)24-23(25)11-7-8-12-23/h4-6,9-10,13-14H,7-8,11-12H2,1-3H3. The van der Waals surface area contributed by atoms with E-state index in [1.165, 1.54) is 21.3 Å². The van der Waals surface area contributed by atoms with Gasteiger partial charge in [0.1, 0.15) is 16.4 Å². The van der Waals surface area contributed by atoms with Gasteiger partial charge in [-0.25, -0.2) is 0 Å². The van der Waals surface area contributed by atoms with Gasteiger partial charge in [0.15, 0.2) is 11.5 Å². The second kappa shape index (κ2) is 8.07. The zero-order chi connectivity index (χ0) is 21.3. The molecule has 1 aliphatic carbocycles. The third kappa shape index (κ3) is 3.23. The van der Waals surface area contributed by atoms with Crippen molar-refractivity contribution in [3.05, 3.63) is 53.6 Å². The summed E-state index contributed by atoms with van der Waals surface area (Å²) in [6.45, 7) is 0. The molecule has 0 saturated heterocycles. The Kier molecular flexibility index (Phi) is 5.47. The van der Waals surface area contributed by atoms with Gasteiger partial charge in [0.05, 0.1) is 21.3 Å². The van der Waals surface area contributed by atoms with E-state index in [9.17, 15) is 4.79 Å². The summed E-state index contributed by atoms with van der Waals surface area (Å²) < 4.78 is 16.2. The average Bonchev–Trinajstić information content (AvgIpc) is 3.37. The van der Waals surface area contributed by atoms with Crippen LogP contribution < -0.4 is 14.2 Å². The lowest BCUT2D eigenvalue weighted by molar-refractivity contribution is 0.0723. The molecule has 1 heterocycles. The van der Waals surface area contributed by atoms with Gasteiger partial charge in [-0.3, -0.25) is 14.7 Å². The minimum atomic E-state index is -0.625. The SMILES string of the molecule is COc1cc(C(=O)N2C(=S)C(c3ccccc3)=NC23CCCC3)cc(OC)c1OC. The Morgan fingerprint density at radius 1 is 1.00 bits per heavy atom. The van der Waals surface area contributed by atoms with Crippen molar-refractivity contribution >= 4 is 28.8 Å². The van der Waals surface area contributed by atoms with E-state index in [1.807, 2.05) is 30.3 Å². The van der Waals surface area contributed by atoms with E-state index in [-0.39, 0.29) is 5.91 Å². The van der Waals surface area contributed by atoms with E-state index < -0.39 is 5.66 Å². The predicted octanol–water partition coefficient (Wildman–Crippen LogP) is 4.26. The summed E-state index contributed by atoms with van der Waals surface area (Å²) in [6.07, 6.45) is 3.60. The molecule has 1 fully saturated rings. The molecular formula is C23H24N2O4S. The molecule has 0 N–H and O–H groups in total. The van der Waals surface area contributed by atoms with E-state index in [2.05, 4.69) is 0 Å². The minimum Gasteiger partial charge on any atom is -0.493 e. The van der Waals surface area contributed by atoms with Crippen LogP contribution in [0.3, 0.4) is 0 Å². The maximum Gasteiger partial charge on any atom is 0.261 e. The van der Waals surface area contributed by atoms with Gasteiger partial charge < -0.3 is 14.2 Å². The maximum absolute atomic E-state index is 13.7. The van der Waals surface area contributed by atoms with Crippen molar-refractivity contribution in [1.82, 2.24) is 4.90 Å². The number of methoxy groups -OCH3 is 3. The largest absolute Gasteiger partial charge is 0.493 e. The molecule has 2 aliphatic rings. The van der Waals surface area contributed by atoms with E-state index >= 15 is 0 Å². The van der Waals surface area contributed by atoms with Crippen LogP contribution >= 0.6 is 12.2 Å². The fraction of sp³-hybridized carbons (Fsp3) is 0.348. The first-order chi connectivity index (χ1) is 14.5. The summed E-state index contributed by atoms with van der Waals surface area (Å²) in [5.41, 5.74) is 1.42. The Morgan fingerprint density at radius 2 is 1.60 bits per heavy atom. The van der Waals surface area contributed by atoms with Crippen molar-refractivity contribution in [2.75, 3.05) is 21.3 Å². The molecule has 0 unspecified atom stereocenters. The molecule has 4 rings (SSSR count). The molecule has 2 aromatic rings. The minimum absolute atomic E-state index is 0.212. The highest BCUT2D eigenvalue weighted by molar-refractivity contribution is 7.82. The number of carbonyl (C=O) groups excluding carboxylic acids is 1. The van der Waals surface area contributed by atoms with Crippen LogP contribution in [-0.2, 0) is 0 Å². The third-order valence-electron chi connectivity index (χ3n) is 5.71. The normalized spacial score (nSPS) is 17.2. The number of aliphatic imine (C=N–C) groups is 1. The Hall–Kier alpha value is -2.93. The zero-order valence-corrected chi connectivity index (χ0v) is 18.1. The van der Waals surface area contributed by atoms with Crippen LogP contribution in [0, 0.1) is 0 Å². The van der Waals surface area contributed by atoms with E-state index in [1.54, 1.807) is 17.0 Å². The molecule has 1 spiro atoms. The first kappa shape index (κ1) is 20.3. The number of benzene rings is 2. The Morgan fingerprint density at radius 3 is 2.13 bits per heavy atom. The zero-order valence-electron chi connectivity index (χ0n) is 17.3. The number of ether oxygens (including phenoxy) is 3. The highest BCUT2D eigenvalue weighted by Crippen LogP contribution is 2.44. The number of thiocarbonyl (C=S) groups is 1. The maximum atomic E-state index is 13.7. The molecule has 0 aromatic heterocycles. The van der Waals surface area contributed by atoms with Gasteiger partial charge in [-0.15, -0.1) is 0 Å². The predicted molar refractivity (Wildman–Crippen MR) is 119 cm³/mol. The smallest absolute Gasteiger partial charge is 0.261 e. The molecule has 156 valence electrons. The highest BCUT2D eigenvalue weighted by Gasteiger charge is 2.50. The average molecular weight is 425 g/mol. The first-order valence-electron chi connectivity index (χ1n) is 9.89. The highest BCUT2D eigenvalue weighted by atomic mass is 32.1. The second-order valence-electron chi connectivity index (χ2n) is 7.38. The molecule has 30 heavy (non-hydrogen) atoms. The molecule has 2 aromatic carbocycles. The van der Waals surface area contributed by atoms with Gasteiger partial charge >= 0.3 is 0 Å². The molecule has 0 bridgehead atoms. The van der Waals surface area contributed by atoms with Crippen molar-refractivity contribution in [1.29, 1.82) is 0 Å². The van der Waals surface area contributed by atoms with Crippen LogP contribution in [0.4, 0.5) is 0 Å². The number of hydrogen-bond donors (Lipinski definition) is 0. The van der Waals surface area contributed by atoms with Gasteiger partial charge in [-0.2, -0.15) is 0 Å². The van der Waals surface area contributed by atoms with Crippen LogP contribution in [0.15, 0.2) is 47.5 Å². The molecule has 6 nitrogen and oxygen atoms in total. The van der Waals surface area contributed by atoms with E-state index in [4.69, 9.17) is 31.4 Å². The number of hydrogen-bond acceptors (Lipinski definition) is 6. The Bertz CT molecular complexity index is 988. The molecular weight excluding hydrogens is 400 g/mol. The molecule has 7 heteroatoms. The summed E-state index contributed by atoms with van der Waals surface area (Å²) >= 11 is 5.79. The fourth-order valence-corrected chi connectivity index (χ4v) is 4.69. The lowest BCUT2D eigenvalue weighted by atomic mass is 10.1. The quantitative estimate of drug-likeness (QED) is 0.672. The van der Waals surface area contributed by atoms with Crippen molar-refractivity contribution in [2.24, 2.45) is 4.99 Å². The number of amides is 1. The van der Waals surface area contributed by atoms with Crippen molar-refractivity contribution < 1.29 is 19.0 Å². The van der Waals surface area contributed by atoms with Crippen molar-refractivity contribution in [2.45, 2.75) is 31.3 Å². The summed E-state index contributed by atoms with van der Waals surface area (Å²) in [4.78, 5) is 20.9. The van der Waals surface area contributed by atoms with Gasteiger partial charge in [0, 0.05) is 11.1 Å². The van der Waals surface area contributed by atoms with Gasteiger partial charge in [0.25, 0.3) is 5.91 Å². The Balaban J connectivity index is 1.78. The summed E-state index contributed by atoms with van der Waals surface area (Å²) in [7, 11) is 4.59. The summed E-state index contributed by atoms with van der Waals surface area (Å²) in [5, 5.41) is 0. The van der Waals surface area contributed by atoms with E-state index in [0.29, 0.717) is 33.5 Å². The van der Waals surface area contributed by atoms with E-state index in [0.717, 1.165) is 31.2 Å². The van der Waals surface area contributed by atoms with Gasteiger partial charge in [0.2, 0.25) is 5.75 Å². The molecule has 1 aliphatic heterocycles. The van der Waals surface area contributed by atoms with Crippen LogP contribution in [0.2, 0.25) is 0 Å².